The van der Waals surface area contributed by atoms with Crippen molar-refractivity contribution in [3.8, 4) is 11.5 Å². The number of carbonyl (C=O) groups excluding carboxylic acids is 1. The predicted octanol–water partition coefficient (Wildman–Crippen LogP) is 3.49. The summed E-state index contributed by atoms with van der Waals surface area (Å²) in [4.78, 5) is 12.3. The lowest BCUT2D eigenvalue weighted by Gasteiger charge is -2.21. The smallest absolute Gasteiger partial charge is 0.224 e. The fourth-order valence-electron chi connectivity index (χ4n) is 2.80. The molecule has 1 heterocycles. The van der Waals surface area contributed by atoms with Crippen LogP contribution in [0.5, 0.6) is 11.5 Å². The zero-order valence-corrected chi connectivity index (χ0v) is 14.4. The first-order valence-electron chi connectivity index (χ1n) is 8.28. The number of ether oxygens (including phenoxy) is 2. The summed E-state index contributed by atoms with van der Waals surface area (Å²) >= 11 is 0. The second-order valence-electron chi connectivity index (χ2n) is 6.29. The summed E-state index contributed by atoms with van der Waals surface area (Å²) in [6.45, 7) is 7.25. The number of nitrogens with one attached hydrogen (secondary N) is 1. The Balaban J connectivity index is 1.64. The van der Waals surface area contributed by atoms with Crippen LogP contribution in [-0.2, 0) is 11.2 Å². The largest absolute Gasteiger partial charge is 0.486 e. The Morgan fingerprint density at radius 3 is 2.54 bits per heavy atom. The Morgan fingerprint density at radius 2 is 1.79 bits per heavy atom. The van der Waals surface area contributed by atoms with Crippen LogP contribution >= 0.6 is 0 Å². The van der Waals surface area contributed by atoms with E-state index in [2.05, 4.69) is 31.3 Å². The van der Waals surface area contributed by atoms with Gasteiger partial charge in [-0.05, 0) is 55.2 Å². The van der Waals surface area contributed by atoms with Crippen LogP contribution in [0.1, 0.15) is 35.2 Å². The maximum atomic E-state index is 12.3. The van der Waals surface area contributed by atoms with E-state index in [0.29, 0.717) is 19.6 Å². The molecule has 0 unspecified atom stereocenters. The highest BCUT2D eigenvalue weighted by Gasteiger charge is 2.16. The predicted molar refractivity (Wildman–Crippen MR) is 93.6 cm³/mol. The van der Waals surface area contributed by atoms with Crippen molar-refractivity contribution in [3.05, 3.63) is 58.7 Å². The van der Waals surface area contributed by atoms with Gasteiger partial charge in [0, 0.05) is 0 Å². The van der Waals surface area contributed by atoms with E-state index in [9.17, 15) is 4.79 Å². The number of rotatable bonds is 4. The molecule has 3 rings (SSSR count). The molecule has 0 saturated heterocycles. The van der Waals surface area contributed by atoms with Crippen molar-refractivity contribution >= 4 is 5.91 Å². The molecule has 0 bridgehead atoms. The van der Waals surface area contributed by atoms with Gasteiger partial charge in [0.05, 0.1) is 12.5 Å². The zero-order chi connectivity index (χ0) is 17.1. The van der Waals surface area contributed by atoms with Gasteiger partial charge in [0.1, 0.15) is 13.2 Å². The topological polar surface area (TPSA) is 47.6 Å². The highest BCUT2D eigenvalue weighted by Crippen LogP contribution is 2.32. The third-order valence-corrected chi connectivity index (χ3v) is 4.38. The minimum absolute atomic E-state index is 0.0145. The first-order chi connectivity index (χ1) is 11.5. The molecule has 0 fully saturated rings. The van der Waals surface area contributed by atoms with E-state index in [4.69, 9.17) is 9.47 Å². The van der Waals surface area contributed by atoms with Crippen molar-refractivity contribution in [1.82, 2.24) is 5.32 Å². The van der Waals surface area contributed by atoms with Gasteiger partial charge in [0.2, 0.25) is 5.91 Å². The van der Waals surface area contributed by atoms with Crippen LogP contribution < -0.4 is 14.8 Å². The molecular formula is C20H23NO3. The van der Waals surface area contributed by atoms with Gasteiger partial charge >= 0.3 is 0 Å². The number of hydrogen-bond acceptors (Lipinski definition) is 3. The quantitative estimate of drug-likeness (QED) is 0.936. The Hall–Kier alpha value is -2.49. The van der Waals surface area contributed by atoms with Crippen LogP contribution in [0.25, 0.3) is 0 Å². The second kappa shape index (κ2) is 6.95. The molecular weight excluding hydrogens is 302 g/mol. The van der Waals surface area contributed by atoms with Crippen LogP contribution in [0.4, 0.5) is 0 Å². The SMILES string of the molecule is Cc1ccc(CC(=O)N[C@@H](C)c2ccc3c(c2)OCCO3)cc1C. The number of benzene rings is 2. The van der Waals surface area contributed by atoms with Crippen LogP contribution in [0.15, 0.2) is 36.4 Å². The molecule has 0 aromatic heterocycles. The van der Waals surface area contributed by atoms with E-state index in [0.717, 1.165) is 22.6 Å². The average molecular weight is 325 g/mol. The maximum absolute atomic E-state index is 12.3. The maximum Gasteiger partial charge on any atom is 0.224 e. The number of amides is 1. The lowest BCUT2D eigenvalue weighted by molar-refractivity contribution is -0.121. The standard InChI is InChI=1S/C20H23NO3/c1-13-4-5-16(10-14(13)2)11-20(22)21-15(3)17-6-7-18-19(12-17)24-9-8-23-18/h4-7,10,12,15H,8-9,11H2,1-3H3,(H,21,22)/t15-/m0/s1. The van der Waals surface area contributed by atoms with Gasteiger partial charge in [-0.1, -0.05) is 24.3 Å². The van der Waals surface area contributed by atoms with Crippen molar-refractivity contribution in [2.24, 2.45) is 0 Å². The summed E-state index contributed by atoms with van der Waals surface area (Å²) in [6, 6.07) is 11.9. The van der Waals surface area contributed by atoms with Gasteiger partial charge in [-0.2, -0.15) is 0 Å². The molecule has 0 spiro atoms. The van der Waals surface area contributed by atoms with Crippen molar-refractivity contribution in [2.45, 2.75) is 33.2 Å². The van der Waals surface area contributed by atoms with Crippen molar-refractivity contribution < 1.29 is 14.3 Å². The van der Waals surface area contributed by atoms with E-state index in [-0.39, 0.29) is 11.9 Å². The Morgan fingerprint density at radius 1 is 1.04 bits per heavy atom. The summed E-state index contributed by atoms with van der Waals surface area (Å²) in [7, 11) is 0. The lowest BCUT2D eigenvalue weighted by atomic mass is 10.0. The van der Waals surface area contributed by atoms with Gasteiger partial charge in [0.25, 0.3) is 0 Å². The molecule has 126 valence electrons. The minimum Gasteiger partial charge on any atom is -0.486 e. The van der Waals surface area contributed by atoms with Gasteiger partial charge in [-0.25, -0.2) is 0 Å². The molecule has 0 aliphatic carbocycles. The number of aryl methyl sites for hydroxylation is 2. The summed E-state index contributed by atoms with van der Waals surface area (Å²) in [5, 5.41) is 3.05. The summed E-state index contributed by atoms with van der Waals surface area (Å²) < 4.78 is 11.1. The van der Waals surface area contributed by atoms with Crippen LogP contribution in [0, 0.1) is 13.8 Å². The molecule has 0 radical (unpaired) electrons. The molecule has 2 aromatic carbocycles. The molecule has 2 aromatic rings. The molecule has 1 N–H and O–H groups in total. The first-order valence-corrected chi connectivity index (χ1v) is 8.28. The Bertz CT molecular complexity index is 755. The molecule has 4 nitrogen and oxygen atoms in total. The van der Waals surface area contributed by atoms with E-state index < -0.39 is 0 Å². The summed E-state index contributed by atoms with van der Waals surface area (Å²) in [5.41, 5.74) is 4.49. The zero-order valence-electron chi connectivity index (χ0n) is 14.4. The highest BCUT2D eigenvalue weighted by atomic mass is 16.6. The minimum atomic E-state index is -0.0835. The third kappa shape index (κ3) is 3.70. The van der Waals surface area contributed by atoms with Crippen molar-refractivity contribution in [2.75, 3.05) is 13.2 Å². The lowest BCUT2D eigenvalue weighted by Crippen LogP contribution is -2.28. The third-order valence-electron chi connectivity index (χ3n) is 4.38. The summed E-state index contributed by atoms with van der Waals surface area (Å²) in [5.74, 6) is 1.52. The summed E-state index contributed by atoms with van der Waals surface area (Å²) in [6.07, 6.45) is 0.385. The molecule has 1 amide bonds. The van der Waals surface area contributed by atoms with Crippen molar-refractivity contribution in [1.29, 1.82) is 0 Å². The van der Waals surface area contributed by atoms with Gasteiger partial charge in [-0.15, -0.1) is 0 Å². The highest BCUT2D eigenvalue weighted by molar-refractivity contribution is 5.79. The number of carbonyl (C=O) groups is 1. The fraction of sp³-hybridized carbons (Fsp3) is 0.350. The molecule has 4 heteroatoms. The van der Waals surface area contributed by atoms with E-state index in [1.54, 1.807) is 0 Å². The molecule has 1 aliphatic rings. The van der Waals surface area contributed by atoms with E-state index in [1.807, 2.05) is 31.2 Å². The molecule has 0 saturated carbocycles. The van der Waals surface area contributed by atoms with Gasteiger partial charge in [-0.3, -0.25) is 4.79 Å². The van der Waals surface area contributed by atoms with E-state index >= 15 is 0 Å². The second-order valence-corrected chi connectivity index (χ2v) is 6.29. The molecule has 1 aliphatic heterocycles. The first kappa shape index (κ1) is 16.4. The van der Waals surface area contributed by atoms with Crippen LogP contribution in [-0.4, -0.2) is 19.1 Å². The van der Waals surface area contributed by atoms with Crippen molar-refractivity contribution in [3.63, 3.8) is 0 Å². The number of fused-ring (bicyclic) bond motifs is 1. The van der Waals surface area contributed by atoms with Crippen LogP contribution in [0.3, 0.4) is 0 Å². The van der Waals surface area contributed by atoms with Crippen LogP contribution in [0.2, 0.25) is 0 Å². The average Bonchev–Trinajstić information content (AvgIpc) is 2.57. The fourth-order valence-corrected chi connectivity index (χ4v) is 2.80. The Labute approximate surface area is 142 Å². The van der Waals surface area contributed by atoms with E-state index in [1.165, 1.54) is 11.1 Å². The van der Waals surface area contributed by atoms with Gasteiger partial charge in [0.15, 0.2) is 11.5 Å². The molecule has 1 atom stereocenters. The monoisotopic (exact) mass is 325 g/mol. The number of hydrogen-bond donors (Lipinski definition) is 1. The Kier molecular flexibility index (Phi) is 4.74. The van der Waals surface area contributed by atoms with Gasteiger partial charge < -0.3 is 14.8 Å². The molecule has 24 heavy (non-hydrogen) atoms. The normalized spacial score (nSPS) is 14.1.